The van der Waals surface area contributed by atoms with Crippen LogP contribution in [0.3, 0.4) is 0 Å². The number of hydrogen-bond acceptors (Lipinski definition) is 6. The van der Waals surface area contributed by atoms with Crippen molar-refractivity contribution in [3.05, 3.63) is 65.2 Å². The first kappa shape index (κ1) is 25.6. The van der Waals surface area contributed by atoms with E-state index in [1.807, 2.05) is 35.0 Å². The SMILES string of the molecule is CC(=O)OC(CCl)COc1ccc(Sc2ccc(OCCCn3ccnc3)c(Cl)c2)cc1Cl. The van der Waals surface area contributed by atoms with Gasteiger partial charge in [0.1, 0.15) is 24.2 Å². The van der Waals surface area contributed by atoms with Gasteiger partial charge in [0.15, 0.2) is 0 Å². The van der Waals surface area contributed by atoms with Crippen molar-refractivity contribution in [2.45, 2.75) is 35.8 Å². The summed E-state index contributed by atoms with van der Waals surface area (Å²) in [5.74, 6) is 0.860. The average molecular weight is 530 g/mol. The number of hydrogen-bond donors (Lipinski definition) is 0. The zero-order valence-electron chi connectivity index (χ0n) is 17.9. The largest absolute Gasteiger partial charge is 0.492 e. The molecular weight excluding hydrogens is 507 g/mol. The summed E-state index contributed by atoms with van der Waals surface area (Å²) in [5.41, 5.74) is 0. The molecule has 0 saturated carbocycles. The monoisotopic (exact) mass is 528 g/mol. The van der Waals surface area contributed by atoms with Gasteiger partial charge < -0.3 is 18.8 Å². The van der Waals surface area contributed by atoms with E-state index in [4.69, 9.17) is 49.0 Å². The van der Waals surface area contributed by atoms with E-state index in [9.17, 15) is 4.79 Å². The van der Waals surface area contributed by atoms with E-state index < -0.39 is 12.1 Å². The van der Waals surface area contributed by atoms with Crippen molar-refractivity contribution < 1.29 is 19.0 Å². The van der Waals surface area contributed by atoms with E-state index in [1.54, 1.807) is 24.7 Å². The van der Waals surface area contributed by atoms with Crippen LogP contribution in [0.5, 0.6) is 11.5 Å². The van der Waals surface area contributed by atoms with Gasteiger partial charge >= 0.3 is 5.97 Å². The first-order valence-electron chi connectivity index (χ1n) is 10.2. The molecule has 0 N–H and O–H groups in total. The molecule has 176 valence electrons. The van der Waals surface area contributed by atoms with Crippen LogP contribution in [0.2, 0.25) is 10.0 Å². The number of aryl methyl sites for hydroxylation is 1. The van der Waals surface area contributed by atoms with E-state index in [0.717, 1.165) is 22.8 Å². The van der Waals surface area contributed by atoms with Crippen LogP contribution in [0.4, 0.5) is 0 Å². The maximum atomic E-state index is 11.1. The van der Waals surface area contributed by atoms with E-state index >= 15 is 0 Å². The predicted octanol–water partition coefficient (Wildman–Crippen LogP) is 6.36. The number of carbonyl (C=O) groups excluding carboxylic acids is 1. The molecule has 1 aromatic heterocycles. The molecule has 0 aliphatic carbocycles. The second-order valence-electron chi connectivity index (χ2n) is 6.99. The molecule has 6 nitrogen and oxygen atoms in total. The Morgan fingerprint density at radius 1 is 1.09 bits per heavy atom. The van der Waals surface area contributed by atoms with Crippen LogP contribution in [0.15, 0.2) is 64.9 Å². The maximum Gasteiger partial charge on any atom is 0.303 e. The standard InChI is InChI=1S/C23H23Cl3N2O4S/c1-16(29)32-17(13-24)14-31-23-6-4-19(12-21(23)26)33-18-3-5-22(20(25)11-18)30-10-2-8-28-9-7-27-15-28/h3-7,9,11-12,15,17H,2,8,10,13-14H2,1H3. The molecule has 10 heteroatoms. The third kappa shape index (κ3) is 8.34. The van der Waals surface area contributed by atoms with Gasteiger partial charge in [0, 0.05) is 35.7 Å². The highest BCUT2D eigenvalue weighted by atomic mass is 35.5. The molecule has 0 radical (unpaired) electrons. The predicted molar refractivity (Wildman–Crippen MR) is 131 cm³/mol. The lowest BCUT2D eigenvalue weighted by atomic mass is 10.3. The van der Waals surface area contributed by atoms with E-state index in [-0.39, 0.29) is 12.5 Å². The number of alkyl halides is 1. The van der Waals surface area contributed by atoms with Crippen LogP contribution < -0.4 is 9.47 Å². The number of benzene rings is 2. The van der Waals surface area contributed by atoms with Gasteiger partial charge in [0.05, 0.1) is 28.9 Å². The highest BCUT2D eigenvalue weighted by molar-refractivity contribution is 7.99. The molecule has 0 amide bonds. The van der Waals surface area contributed by atoms with Crippen LogP contribution in [-0.2, 0) is 16.1 Å². The molecule has 0 spiro atoms. The number of esters is 1. The van der Waals surface area contributed by atoms with Crippen molar-refractivity contribution in [3.63, 3.8) is 0 Å². The van der Waals surface area contributed by atoms with Crippen molar-refractivity contribution >= 4 is 52.5 Å². The Morgan fingerprint density at radius 3 is 2.30 bits per heavy atom. The van der Waals surface area contributed by atoms with Crippen LogP contribution >= 0.6 is 46.6 Å². The fraction of sp³-hybridized carbons (Fsp3) is 0.304. The van der Waals surface area contributed by atoms with Crippen LogP contribution in [0.25, 0.3) is 0 Å². The Morgan fingerprint density at radius 2 is 1.76 bits per heavy atom. The minimum absolute atomic E-state index is 0.120. The first-order valence-corrected chi connectivity index (χ1v) is 12.3. The van der Waals surface area contributed by atoms with E-state index in [2.05, 4.69) is 4.98 Å². The summed E-state index contributed by atoms with van der Waals surface area (Å²) in [4.78, 5) is 17.0. The number of aromatic nitrogens is 2. The van der Waals surface area contributed by atoms with Crippen LogP contribution in [-0.4, -0.2) is 40.7 Å². The Hall–Kier alpha value is -2.06. The molecule has 0 bridgehead atoms. The Kier molecular flexibility index (Phi) is 10.1. The number of rotatable bonds is 12. The number of carbonyl (C=O) groups is 1. The summed E-state index contributed by atoms with van der Waals surface area (Å²) in [7, 11) is 0. The van der Waals surface area contributed by atoms with Gasteiger partial charge in [-0.3, -0.25) is 4.79 Å². The molecule has 0 saturated heterocycles. The average Bonchev–Trinajstić information content (AvgIpc) is 3.30. The van der Waals surface area contributed by atoms with Crippen molar-refractivity contribution in [1.82, 2.24) is 9.55 Å². The number of halogens is 3. The fourth-order valence-electron chi connectivity index (χ4n) is 2.84. The molecular formula is C23H23Cl3N2O4S. The zero-order valence-corrected chi connectivity index (χ0v) is 21.0. The van der Waals surface area contributed by atoms with Crippen LogP contribution in [0.1, 0.15) is 13.3 Å². The number of imidazole rings is 1. The number of ether oxygens (including phenoxy) is 3. The molecule has 1 atom stereocenters. The minimum atomic E-state index is -0.539. The van der Waals surface area contributed by atoms with Crippen molar-refractivity contribution in [1.29, 1.82) is 0 Å². The Labute approximate surface area is 212 Å². The molecule has 0 aliphatic heterocycles. The molecule has 1 unspecified atom stereocenters. The Balaban J connectivity index is 1.51. The summed E-state index contributed by atoms with van der Waals surface area (Å²) >= 11 is 20.1. The molecule has 1 heterocycles. The quantitative estimate of drug-likeness (QED) is 0.155. The molecule has 3 aromatic rings. The van der Waals surface area contributed by atoms with Gasteiger partial charge in [0.25, 0.3) is 0 Å². The third-order valence-corrected chi connectivity index (χ3v) is 6.26. The highest BCUT2D eigenvalue weighted by Gasteiger charge is 2.13. The molecule has 33 heavy (non-hydrogen) atoms. The van der Waals surface area contributed by atoms with Gasteiger partial charge in [-0.1, -0.05) is 35.0 Å². The summed E-state index contributed by atoms with van der Waals surface area (Å²) < 4.78 is 18.5. The second-order valence-corrected chi connectivity index (χ2v) is 9.26. The third-order valence-electron chi connectivity index (χ3n) is 4.35. The fourth-order valence-corrected chi connectivity index (χ4v) is 4.49. The van der Waals surface area contributed by atoms with Gasteiger partial charge in [-0.05, 0) is 42.8 Å². The zero-order chi connectivity index (χ0) is 23.6. The van der Waals surface area contributed by atoms with Gasteiger partial charge in [-0.15, -0.1) is 11.6 Å². The lowest BCUT2D eigenvalue weighted by Crippen LogP contribution is -2.25. The smallest absolute Gasteiger partial charge is 0.303 e. The van der Waals surface area contributed by atoms with Crippen LogP contribution in [0, 0.1) is 0 Å². The summed E-state index contributed by atoms with van der Waals surface area (Å²) in [6.07, 6.45) is 5.77. The Bertz CT molecular complexity index is 1050. The number of nitrogens with zero attached hydrogens (tertiary/aromatic N) is 2. The molecule has 0 fully saturated rings. The van der Waals surface area contributed by atoms with Gasteiger partial charge in [-0.2, -0.15) is 0 Å². The first-order chi connectivity index (χ1) is 15.9. The summed E-state index contributed by atoms with van der Waals surface area (Å²) in [6, 6.07) is 11.1. The molecule has 0 aliphatic rings. The van der Waals surface area contributed by atoms with Gasteiger partial charge in [0.2, 0.25) is 0 Å². The lowest BCUT2D eigenvalue weighted by molar-refractivity contribution is -0.146. The van der Waals surface area contributed by atoms with Crippen molar-refractivity contribution in [2.75, 3.05) is 19.1 Å². The lowest BCUT2D eigenvalue weighted by Gasteiger charge is -2.16. The normalized spacial score (nSPS) is 11.8. The topological polar surface area (TPSA) is 62.6 Å². The molecule has 3 rings (SSSR count). The summed E-state index contributed by atoms with van der Waals surface area (Å²) in [5, 5.41) is 0.992. The maximum absolute atomic E-state index is 11.1. The minimum Gasteiger partial charge on any atom is -0.492 e. The summed E-state index contributed by atoms with van der Waals surface area (Å²) in [6.45, 7) is 2.84. The molecule has 2 aromatic carbocycles. The van der Waals surface area contributed by atoms with E-state index in [0.29, 0.717) is 28.2 Å². The van der Waals surface area contributed by atoms with Crippen molar-refractivity contribution in [3.8, 4) is 11.5 Å². The second kappa shape index (κ2) is 13.0. The van der Waals surface area contributed by atoms with Crippen molar-refractivity contribution in [2.24, 2.45) is 0 Å². The van der Waals surface area contributed by atoms with E-state index in [1.165, 1.54) is 18.7 Å². The highest BCUT2D eigenvalue weighted by Crippen LogP contribution is 2.37. The van der Waals surface area contributed by atoms with Gasteiger partial charge in [-0.25, -0.2) is 4.98 Å².